The average Bonchev–Trinajstić information content (AvgIpc) is 2.23. The third-order valence-electron chi connectivity index (χ3n) is 2.20. The molecule has 0 spiro atoms. The van der Waals surface area contributed by atoms with E-state index in [2.05, 4.69) is 26.3 Å². The molecule has 0 fully saturated rings. The number of nitrogen functional groups attached to an aromatic ring is 1. The van der Waals surface area contributed by atoms with Crippen molar-refractivity contribution in [3.8, 4) is 0 Å². The van der Waals surface area contributed by atoms with Crippen LogP contribution in [0.25, 0.3) is 10.9 Å². The van der Waals surface area contributed by atoms with Crippen LogP contribution in [0.5, 0.6) is 0 Å². The SMILES string of the molecule is Cc1ccc(Br)c2c(NN)ccnc12. The van der Waals surface area contributed by atoms with Crippen LogP contribution in [0.4, 0.5) is 5.69 Å². The van der Waals surface area contributed by atoms with Crippen LogP contribution in [0.2, 0.25) is 0 Å². The Balaban J connectivity index is 2.92. The lowest BCUT2D eigenvalue weighted by molar-refractivity contribution is 1.31. The van der Waals surface area contributed by atoms with Crippen molar-refractivity contribution in [3.05, 3.63) is 34.4 Å². The Bertz CT molecular complexity index is 482. The van der Waals surface area contributed by atoms with Crippen molar-refractivity contribution in [2.75, 3.05) is 5.43 Å². The Hall–Kier alpha value is -1.13. The predicted molar refractivity (Wildman–Crippen MR) is 62.0 cm³/mol. The quantitative estimate of drug-likeness (QED) is 0.605. The molecule has 1 heterocycles. The fourth-order valence-corrected chi connectivity index (χ4v) is 2.02. The number of aryl methyl sites for hydroxylation is 1. The molecule has 0 aliphatic carbocycles. The lowest BCUT2D eigenvalue weighted by Crippen LogP contribution is -2.07. The zero-order valence-corrected chi connectivity index (χ0v) is 9.30. The van der Waals surface area contributed by atoms with E-state index in [9.17, 15) is 0 Å². The van der Waals surface area contributed by atoms with E-state index in [0.717, 1.165) is 26.6 Å². The maximum absolute atomic E-state index is 5.44. The molecule has 0 amide bonds. The molecule has 0 saturated carbocycles. The molecule has 4 heteroatoms. The van der Waals surface area contributed by atoms with Gasteiger partial charge in [-0.25, -0.2) is 0 Å². The van der Waals surface area contributed by atoms with Crippen molar-refractivity contribution in [1.29, 1.82) is 0 Å². The van der Waals surface area contributed by atoms with Gasteiger partial charge in [-0.3, -0.25) is 10.8 Å². The summed E-state index contributed by atoms with van der Waals surface area (Å²) in [5.74, 6) is 5.44. The monoisotopic (exact) mass is 251 g/mol. The van der Waals surface area contributed by atoms with Crippen LogP contribution in [0.3, 0.4) is 0 Å². The molecule has 0 saturated heterocycles. The van der Waals surface area contributed by atoms with Gasteiger partial charge in [-0.1, -0.05) is 22.0 Å². The van der Waals surface area contributed by atoms with Gasteiger partial charge in [0.25, 0.3) is 0 Å². The molecule has 14 heavy (non-hydrogen) atoms. The molecule has 72 valence electrons. The smallest absolute Gasteiger partial charge is 0.0763 e. The van der Waals surface area contributed by atoms with E-state index in [4.69, 9.17) is 5.84 Å². The van der Waals surface area contributed by atoms with Gasteiger partial charge < -0.3 is 5.43 Å². The molecule has 0 radical (unpaired) electrons. The van der Waals surface area contributed by atoms with Crippen LogP contribution in [-0.2, 0) is 0 Å². The second-order valence-corrected chi connectivity index (χ2v) is 3.95. The molecular formula is C10H10BrN3. The first-order valence-electron chi connectivity index (χ1n) is 4.24. The number of rotatable bonds is 1. The van der Waals surface area contributed by atoms with Crippen molar-refractivity contribution in [2.45, 2.75) is 6.92 Å². The van der Waals surface area contributed by atoms with E-state index in [1.165, 1.54) is 0 Å². The Kier molecular flexibility index (Phi) is 2.39. The summed E-state index contributed by atoms with van der Waals surface area (Å²) in [6.07, 6.45) is 1.75. The van der Waals surface area contributed by atoms with Gasteiger partial charge in [-0.05, 0) is 24.6 Å². The molecule has 0 aliphatic heterocycles. The number of anilines is 1. The van der Waals surface area contributed by atoms with E-state index in [1.807, 2.05) is 25.1 Å². The van der Waals surface area contributed by atoms with E-state index >= 15 is 0 Å². The Morgan fingerprint density at radius 2 is 2.14 bits per heavy atom. The first-order chi connectivity index (χ1) is 6.74. The molecule has 0 aliphatic rings. The number of hydrogen-bond donors (Lipinski definition) is 2. The largest absolute Gasteiger partial charge is 0.323 e. The van der Waals surface area contributed by atoms with Gasteiger partial charge in [0.05, 0.1) is 11.2 Å². The fourth-order valence-electron chi connectivity index (χ4n) is 1.48. The van der Waals surface area contributed by atoms with Crippen LogP contribution >= 0.6 is 15.9 Å². The third kappa shape index (κ3) is 1.36. The van der Waals surface area contributed by atoms with Crippen LogP contribution in [0.1, 0.15) is 5.56 Å². The third-order valence-corrected chi connectivity index (χ3v) is 2.86. The Morgan fingerprint density at radius 1 is 1.36 bits per heavy atom. The van der Waals surface area contributed by atoms with Gasteiger partial charge in [0.2, 0.25) is 0 Å². The highest BCUT2D eigenvalue weighted by Crippen LogP contribution is 2.30. The molecule has 0 bridgehead atoms. The van der Waals surface area contributed by atoms with Crippen molar-refractivity contribution < 1.29 is 0 Å². The normalized spacial score (nSPS) is 10.5. The number of nitrogens with one attached hydrogen (secondary N) is 1. The molecule has 2 aromatic rings. The highest BCUT2D eigenvalue weighted by Gasteiger charge is 2.06. The van der Waals surface area contributed by atoms with Crippen LogP contribution in [0.15, 0.2) is 28.9 Å². The summed E-state index contributed by atoms with van der Waals surface area (Å²) in [6.45, 7) is 2.03. The summed E-state index contributed by atoms with van der Waals surface area (Å²) in [5.41, 5.74) is 5.65. The number of pyridine rings is 1. The number of halogens is 1. The van der Waals surface area contributed by atoms with Gasteiger partial charge in [0.15, 0.2) is 0 Å². The molecule has 0 unspecified atom stereocenters. The van der Waals surface area contributed by atoms with E-state index in [0.29, 0.717) is 0 Å². The number of fused-ring (bicyclic) bond motifs is 1. The standard InChI is InChI=1S/C10H10BrN3/c1-6-2-3-7(11)9-8(14-12)4-5-13-10(6)9/h2-5H,12H2,1H3,(H,13,14). The van der Waals surface area contributed by atoms with Crippen molar-refractivity contribution in [3.63, 3.8) is 0 Å². The molecule has 3 N–H and O–H groups in total. The highest BCUT2D eigenvalue weighted by molar-refractivity contribution is 9.10. The summed E-state index contributed by atoms with van der Waals surface area (Å²) in [7, 11) is 0. The first kappa shape index (κ1) is 9.43. The van der Waals surface area contributed by atoms with Gasteiger partial charge in [-0.15, -0.1) is 0 Å². The number of hydrogen-bond acceptors (Lipinski definition) is 3. The zero-order chi connectivity index (χ0) is 10.1. The predicted octanol–water partition coefficient (Wildman–Crippen LogP) is 2.59. The van der Waals surface area contributed by atoms with Crippen LogP contribution in [0, 0.1) is 6.92 Å². The summed E-state index contributed by atoms with van der Waals surface area (Å²) in [5, 5.41) is 1.02. The van der Waals surface area contributed by atoms with Gasteiger partial charge in [0.1, 0.15) is 0 Å². The van der Waals surface area contributed by atoms with Crippen LogP contribution < -0.4 is 11.3 Å². The van der Waals surface area contributed by atoms with E-state index in [1.54, 1.807) is 6.20 Å². The van der Waals surface area contributed by atoms with E-state index < -0.39 is 0 Å². The maximum Gasteiger partial charge on any atom is 0.0763 e. The van der Waals surface area contributed by atoms with Crippen molar-refractivity contribution in [1.82, 2.24) is 4.98 Å². The minimum atomic E-state index is 0.880. The minimum absolute atomic E-state index is 0.880. The fraction of sp³-hybridized carbons (Fsp3) is 0.100. The topological polar surface area (TPSA) is 50.9 Å². The molecule has 1 aromatic heterocycles. The summed E-state index contributed by atoms with van der Waals surface area (Å²) in [6, 6.07) is 5.88. The summed E-state index contributed by atoms with van der Waals surface area (Å²) >= 11 is 3.49. The number of aromatic nitrogens is 1. The Labute approximate surface area is 90.4 Å². The number of benzene rings is 1. The first-order valence-corrected chi connectivity index (χ1v) is 5.04. The molecule has 1 aromatic carbocycles. The minimum Gasteiger partial charge on any atom is -0.323 e. The molecule has 2 rings (SSSR count). The van der Waals surface area contributed by atoms with Gasteiger partial charge >= 0.3 is 0 Å². The van der Waals surface area contributed by atoms with Crippen LogP contribution in [-0.4, -0.2) is 4.98 Å². The number of hydrazine groups is 1. The highest BCUT2D eigenvalue weighted by atomic mass is 79.9. The number of nitrogens with two attached hydrogens (primary N) is 1. The number of nitrogens with zero attached hydrogens (tertiary/aromatic N) is 1. The summed E-state index contributed by atoms with van der Waals surface area (Å²) < 4.78 is 0.999. The van der Waals surface area contributed by atoms with Crippen molar-refractivity contribution in [2.24, 2.45) is 5.84 Å². The lowest BCUT2D eigenvalue weighted by atomic mass is 10.1. The molecule has 0 atom stereocenters. The molecular weight excluding hydrogens is 242 g/mol. The maximum atomic E-state index is 5.44. The second-order valence-electron chi connectivity index (χ2n) is 3.09. The second kappa shape index (κ2) is 3.55. The van der Waals surface area contributed by atoms with Crippen molar-refractivity contribution >= 4 is 32.5 Å². The van der Waals surface area contributed by atoms with Gasteiger partial charge in [0, 0.05) is 16.1 Å². The van der Waals surface area contributed by atoms with E-state index in [-0.39, 0.29) is 0 Å². The average molecular weight is 252 g/mol. The molecule has 3 nitrogen and oxygen atoms in total. The zero-order valence-electron chi connectivity index (χ0n) is 7.71. The Morgan fingerprint density at radius 3 is 2.86 bits per heavy atom. The lowest BCUT2D eigenvalue weighted by Gasteiger charge is -2.08. The summed E-state index contributed by atoms with van der Waals surface area (Å²) in [4.78, 5) is 4.32. The van der Waals surface area contributed by atoms with Gasteiger partial charge in [-0.2, -0.15) is 0 Å².